The summed E-state index contributed by atoms with van der Waals surface area (Å²) in [5, 5.41) is 9.18. The highest BCUT2D eigenvalue weighted by molar-refractivity contribution is 5.91. The van der Waals surface area contributed by atoms with Crippen molar-refractivity contribution >= 4 is 11.5 Å². The highest BCUT2D eigenvalue weighted by Gasteiger charge is 2.24. The van der Waals surface area contributed by atoms with Gasteiger partial charge in [-0.3, -0.25) is 0 Å². The van der Waals surface area contributed by atoms with E-state index in [-0.39, 0.29) is 0 Å². The van der Waals surface area contributed by atoms with E-state index in [4.69, 9.17) is 4.74 Å². The maximum absolute atomic E-state index is 11.2. The van der Waals surface area contributed by atoms with Crippen LogP contribution in [0.25, 0.3) is 5.57 Å². The van der Waals surface area contributed by atoms with E-state index in [9.17, 15) is 9.90 Å². The van der Waals surface area contributed by atoms with E-state index in [0.717, 1.165) is 40.9 Å². The first-order valence-electron chi connectivity index (χ1n) is 7.13. The third-order valence-electron chi connectivity index (χ3n) is 4.20. The minimum absolute atomic E-state index is 0.335. The molecular weight excluding hydrogens is 252 g/mol. The van der Waals surface area contributed by atoms with E-state index >= 15 is 0 Å². The van der Waals surface area contributed by atoms with Crippen molar-refractivity contribution in [3.63, 3.8) is 0 Å². The quantitative estimate of drug-likeness (QED) is 0.845. The molecule has 0 radical (unpaired) electrons. The molecule has 20 heavy (non-hydrogen) atoms. The number of hydrogen-bond acceptors (Lipinski definition) is 2. The van der Waals surface area contributed by atoms with Crippen molar-refractivity contribution < 1.29 is 14.6 Å². The number of hydrogen-bond donors (Lipinski definition) is 1. The number of carboxylic acid groups (broad SMARTS) is 1. The zero-order chi connectivity index (χ0) is 14.7. The second-order valence-electron chi connectivity index (χ2n) is 5.56. The first-order valence-corrected chi connectivity index (χ1v) is 7.13. The Morgan fingerprint density at radius 3 is 2.40 bits per heavy atom. The van der Waals surface area contributed by atoms with Gasteiger partial charge >= 0.3 is 5.97 Å². The molecule has 1 saturated carbocycles. The highest BCUT2D eigenvalue weighted by atomic mass is 16.5. The van der Waals surface area contributed by atoms with Crippen LogP contribution in [0, 0.1) is 19.8 Å². The van der Waals surface area contributed by atoms with Crippen molar-refractivity contribution in [1.29, 1.82) is 0 Å². The van der Waals surface area contributed by atoms with Crippen molar-refractivity contribution in [2.75, 3.05) is 7.11 Å². The van der Waals surface area contributed by atoms with Crippen molar-refractivity contribution in [2.24, 2.45) is 5.92 Å². The Morgan fingerprint density at radius 1 is 1.25 bits per heavy atom. The minimum Gasteiger partial charge on any atom is -0.496 e. The summed E-state index contributed by atoms with van der Waals surface area (Å²) in [6, 6.07) is 4.05. The van der Waals surface area contributed by atoms with Gasteiger partial charge in [-0.05, 0) is 61.4 Å². The standard InChI is InChI=1S/C17H22O3/c1-11-8-15(16(20-3)9-12(11)2)14(10-17(18)19)13-6-4-5-7-13/h8-10,13H,4-7H2,1-3H3,(H,18,19)/b14-10+. The number of carboxylic acids is 1. The summed E-state index contributed by atoms with van der Waals surface area (Å²) >= 11 is 0. The lowest BCUT2D eigenvalue weighted by Crippen LogP contribution is -2.04. The van der Waals surface area contributed by atoms with E-state index in [1.165, 1.54) is 18.9 Å². The fraction of sp³-hybridized carbons (Fsp3) is 0.471. The molecular formula is C17H22O3. The molecule has 0 amide bonds. The average molecular weight is 274 g/mol. The Balaban J connectivity index is 2.53. The number of aryl methyl sites for hydroxylation is 2. The number of carbonyl (C=O) groups is 1. The van der Waals surface area contributed by atoms with Crippen LogP contribution >= 0.6 is 0 Å². The Labute approximate surface area is 120 Å². The number of ether oxygens (including phenoxy) is 1. The van der Waals surface area contributed by atoms with Gasteiger partial charge in [-0.25, -0.2) is 4.79 Å². The second-order valence-corrected chi connectivity index (χ2v) is 5.56. The largest absolute Gasteiger partial charge is 0.496 e. The van der Waals surface area contributed by atoms with Crippen LogP contribution < -0.4 is 4.74 Å². The van der Waals surface area contributed by atoms with Crippen LogP contribution in [-0.4, -0.2) is 18.2 Å². The van der Waals surface area contributed by atoms with Gasteiger partial charge in [0.2, 0.25) is 0 Å². The third kappa shape index (κ3) is 3.03. The monoisotopic (exact) mass is 274 g/mol. The molecule has 1 aromatic rings. The van der Waals surface area contributed by atoms with Gasteiger partial charge < -0.3 is 9.84 Å². The number of methoxy groups -OCH3 is 1. The van der Waals surface area contributed by atoms with Gasteiger partial charge in [0, 0.05) is 11.6 Å². The molecule has 3 nitrogen and oxygen atoms in total. The number of benzene rings is 1. The lowest BCUT2D eigenvalue weighted by molar-refractivity contribution is -0.131. The summed E-state index contributed by atoms with van der Waals surface area (Å²) in [5.74, 6) is 0.224. The molecule has 0 aromatic heterocycles. The van der Waals surface area contributed by atoms with Crippen LogP contribution in [0.4, 0.5) is 0 Å². The van der Waals surface area contributed by atoms with Crippen molar-refractivity contribution in [3.8, 4) is 5.75 Å². The number of allylic oxidation sites excluding steroid dienone is 1. The molecule has 0 unspecified atom stereocenters. The van der Waals surface area contributed by atoms with Crippen LogP contribution in [0.15, 0.2) is 18.2 Å². The first kappa shape index (κ1) is 14.6. The SMILES string of the molecule is COc1cc(C)c(C)cc1/C(=C/C(=O)O)C1CCCC1. The predicted octanol–water partition coefficient (Wildman–Crippen LogP) is 3.97. The summed E-state index contributed by atoms with van der Waals surface area (Å²) in [7, 11) is 1.64. The molecule has 0 saturated heterocycles. The van der Waals surface area contributed by atoms with E-state index in [1.54, 1.807) is 7.11 Å². The van der Waals surface area contributed by atoms with Gasteiger partial charge in [0.05, 0.1) is 7.11 Å². The molecule has 2 rings (SSSR count). The van der Waals surface area contributed by atoms with Crippen LogP contribution in [0.2, 0.25) is 0 Å². The summed E-state index contributed by atoms with van der Waals surface area (Å²) in [6.07, 6.45) is 5.84. The van der Waals surface area contributed by atoms with Gasteiger partial charge in [-0.1, -0.05) is 12.8 Å². The Hall–Kier alpha value is -1.77. The lowest BCUT2D eigenvalue weighted by atomic mass is 9.88. The van der Waals surface area contributed by atoms with Crippen molar-refractivity contribution in [2.45, 2.75) is 39.5 Å². The molecule has 1 aromatic carbocycles. The lowest BCUT2D eigenvalue weighted by Gasteiger charge is -2.19. The van der Waals surface area contributed by atoms with E-state index in [0.29, 0.717) is 5.92 Å². The van der Waals surface area contributed by atoms with Gasteiger partial charge in [-0.15, -0.1) is 0 Å². The van der Waals surface area contributed by atoms with Gasteiger partial charge in [0.25, 0.3) is 0 Å². The van der Waals surface area contributed by atoms with Crippen LogP contribution in [0.3, 0.4) is 0 Å². The fourth-order valence-corrected chi connectivity index (χ4v) is 2.97. The smallest absolute Gasteiger partial charge is 0.328 e. The maximum Gasteiger partial charge on any atom is 0.328 e. The molecule has 0 atom stereocenters. The Bertz CT molecular complexity index is 537. The fourth-order valence-electron chi connectivity index (χ4n) is 2.97. The van der Waals surface area contributed by atoms with Crippen molar-refractivity contribution in [3.05, 3.63) is 34.9 Å². The summed E-state index contributed by atoms with van der Waals surface area (Å²) in [5.41, 5.74) is 4.17. The normalized spacial score (nSPS) is 16.4. The molecule has 1 aliphatic rings. The number of aliphatic carboxylic acids is 1. The Morgan fingerprint density at radius 2 is 1.85 bits per heavy atom. The molecule has 3 heteroatoms. The van der Waals surface area contributed by atoms with Gasteiger partial charge in [0.15, 0.2) is 0 Å². The topological polar surface area (TPSA) is 46.5 Å². The zero-order valence-corrected chi connectivity index (χ0v) is 12.4. The van der Waals surface area contributed by atoms with E-state index in [2.05, 4.69) is 6.07 Å². The molecule has 0 bridgehead atoms. The molecule has 1 N–H and O–H groups in total. The molecule has 1 aliphatic carbocycles. The zero-order valence-electron chi connectivity index (χ0n) is 12.4. The molecule has 108 valence electrons. The maximum atomic E-state index is 11.2. The van der Waals surface area contributed by atoms with Gasteiger partial charge in [0.1, 0.15) is 5.75 Å². The minimum atomic E-state index is -0.882. The first-order chi connectivity index (χ1) is 9.52. The Kier molecular flexibility index (Phi) is 4.48. The summed E-state index contributed by atoms with van der Waals surface area (Å²) in [6.45, 7) is 4.09. The van der Waals surface area contributed by atoms with E-state index in [1.807, 2.05) is 19.9 Å². The van der Waals surface area contributed by atoms with E-state index < -0.39 is 5.97 Å². The molecule has 0 aliphatic heterocycles. The highest BCUT2D eigenvalue weighted by Crippen LogP contribution is 2.40. The van der Waals surface area contributed by atoms with Crippen LogP contribution in [0.5, 0.6) is 5.75 Å². The second kappa shape index (κ2) is 6.12. The van der Waals surface area contributed by atoms with Crippen LogP contribution in [-0.2, 0) is 4.79 Å². The number of rotatable bonds is 4. The predicted molar refractivity (Wildman–Crippen MR) is 80.0 cm³/mol. The third-order valence-corrected chi connectivity index (χ3v) is 4.20. The summed E-state index contributed by atoms with van der Waals surface area (Å²) < 4.78 is 5.47. The van der Waals surface area contributed by atoms with Crippen molar-refractivity contribution in [1.82, 2.24) is 0 Å². The molecule has 0 spiro atoms. The van der Waals surface area contributed by atoms with Gasteiger partial charge in [-0.2, -0.15) is 0 Å². The molecule has 0 heterocycles. The average Bonchev–Trinajstić information content (AvgIpc) is 2.92. The van der Waals surface area contributed by atoms with Crippen LogP contribution in [0.1, 0.15) is 42.4 Å². The molecule has 1 fully saturated rings. The summed E-state index contributed by atoms with van der Waals surface area (Å²) in [4.78, 5) is 11.2.